The Morgan fingerprint density at radius 2 is 1.50 bits per heavy atom. The molecule has 2 aromatic rings. The molecule has 176 valence electrons. The highest BCUT2D eigenvalue weighted by Gasteiger charge is 2.51. The van der Waals surface area contributed by atoms with Crippen molar-refractivity contribution in [3.05, 3.63) is 60.7 Å². The van der Waals surface area contributed by atoms with Crippen molar-refractivity contribution in [2.75, 3.05) is 19.7 Å². The van der Waals surface area contributed by atoms with Gasteiger partial charge in [-0.2, -0.15) is 0 Å². The number of hydrogen-bond donors (Lipinski definition) is 2. The number of likely N-dealkylation sites (tertiary alicyclic amines) is 1. The molecule has 32 heavy (non-hydrogen) atoms. The van der Waals surface area contributed by atoms with Crippen molar-refractivity contribution in [3.63, 3.8) is 0 Å². The van der Waals surface area contributed by atoms with Crippen LogP contribution < -0.4 is 10.4 Å². The summed E-state index contributed by atoms with van der Waals surface area (Å²) >= 11 is 6.37. The molecule has 0 radical (unpaired) electrons. The molecular weight excluding hydrogens is 438 g/mol. The number of aliphatic hydroxyl groups excluding tert-OH is 2. The number of aliphatic hydroxyl groups is 2. The van der Waals surface area contributed by atoms with Crippen LogP contribution in [0.4, 0.5) is 0 Å². The van der Waals surface area contributed by atoms with Gasteiger partial charge in [-0.3, -0.25) is 4.90 Å². The van der Waals surface area contributed by atoms with Gasteiger partial charge in [-0.15, -0.1) is 11.6 Å². The number of alkyl halides is 1. The van der Waals surface area contributed by atoms with Crippen LogP contribution in [0.3, 0.4) is 0 Å². The summed E-state index contributed by atoms with van der Waals surface area (Å²) in [6, 6.07) is 20.7. The first-order chi connectivity index (χ1) is 15.2. The Balaban J connectivity index is 2.01. The third-order valence-electron chi connectivity index (χ3n) is 6.68. The summed E-state index contributed by atoms with van der Waals surface area (Å²) in [6.45, 7) is 10.6. The number of hydrogen-bond acceptors (Lipinski definition) is 4. The van der Waals surface area contributed by atoms with E-state index in [2.05, 4.69) is 81.1 Å². The molecular formula is C26H38ClNO3Si. The Morgan fingerprint density at radius 3 is 1.97 bits per heavy atom. The quantitative estimate of drug-likeness (QED) is 0.454. The maximum absolute atomic E-state index is 11.0. The van der Waals surface area contributed by atoms with Gasteiger partial charge in [0.2, 0.25) is 0 Å². The van der Waals surface area contributed by atoms with E-state index in [1.54, 1.807) is 0 Å². The molecule has 1 fully saturated rings. The molecule has 6 heteroatoms. The fraction of sp³-hybridized carbons (Fsp3) is 0.538. The Bertz CT molecular complexity index is 790. The van der Waals surface area contributed by atoms with Crippen molar-refractivity contribution in [1.82, 2.24) is 4.90 Å². The van der Waals surface area contributed by atoms with E-state index in [1.807, 2.05) is 12.1 Å². The van der Waals surface area contributed by atoms with Gasteiger partial charge >= 0.3 is 0 Å². The second kappa shape index (κ2) is 10.8. The van der Waals surface area contributed by atoms with E-state index in [4.69, 9.17) is 16.0 Å². The first-order valence-corrected chi connectivity index (χ1v) is 14.1. The SMILES string of the molecule is CCCCN1C[C@H](Cl)[C@@H](O)[C@H](O)C1CO[Si](c1ccccc1)(c1ccccc1)C(C)(C)C. The van der Waals surface area contributed by atoms with E-state index in [0.717, 1.165) is 19.4 Å². The predicted octanol–water partition coefficient (Wildman–Crippen LogP) is 3.38. The van der Waals surface area contributed by atoms with Gasteiger partial charge in [0.05, 0.1) is 30.2 Å². The molecule has 0 amide bonds. The zero-order valence-electron chi connectivity index (χ0n) is 19.7. The molecule has 4 atom stereocenters. The molecule has 2 N–H and O–H groups in total. The summed E-state index contributed by atoms with van der Waals surface area (Å²) < 4.78 is 7.05. The third-order valence-corrected chi connectivity index (χ3v) is 12.1. The number of unbranched alkanes of at least 4 members (excludes halogenated alkanes) is 1. The monoisotopic (exact) mass is 475 g/mol. The topological polar surface area (TPSA) is 52.9 Å². The highest BCUT2D eigenvalue weighted by atomic mass is 35.5. The van der Waals surface area contributed by atoms with Crippen molar-refractivity contribution in [3.8, 4) is 0 Å². The zero-order valence-corrected chi connectivity index (χ0v) is 21.5. The Morgan fingerprint density at radius 1 is 0.969 bits per heavy atom. The fourth-order valence-corrected chi connectivity index (χ4v) is 9.82. The lowest BCUT2D eigenvalue weighted by Gasteiger charge is -2.47. The van der Waals surface area contributed by atoms with Crippen molar-refractivity contribution >= 4 is 30.3 Å². The van der Waals surface area contributed by atoms with Crippen LogP contribution in [0, 0.1) is 0 Å². The average molecular weight is 476 g/mol. The van der Waals surface area contributed by atoms with E-state index < -0.39 is 25.9 Å². The Kier molecular flexibility index (Phi) is 8.58. The molecule has 0 aromatic heterocycles. The Hall–Kier alpha value is -1.21. The number of halogens is 1. The molecule has 0 aliphatic carbocycles. The summed E-state index contributed by atoms with van der Waals surface area (Å²) in [5, 5.41) is 23.3. The fourth-order valence-electron chi connectivity index (χ4n) is 4.92. The van der Waals surface area contributed by atoms with E-state index in [-0.39, 0.29) is 11.1 Å². The van der Waals surface area contributed by atoms with Gasteiger partial charge in [0, 0.05) is 6.54 Å². The molecule has 1 saturated heterocycles. The van der Waals surface area contributed by atoms with E-state index in [1.165, 1.54) is 10.4 Å². The average Bonchev–Trinajstić information content (AvgIpc) is 2.78. The molecule has 0 bridgehead atoms. The van der Waals surface area contributed by atoms with Gasteiger partial charge < -0.3 is 14.6 Å². The van der Waals surface area contributed by atoms with Gasteiger partial charge in [0.1, 0.15) is 0 Å². The summed E-state index contributed by atoms with van der Waals surface area (Å²) in [5.74, 6) is 0. The van der Waals surface area contributed by atoms with Crippen molar-refractivity contribution in [2.45, 2.75) is 69.2 Å². The molecule has 3 rings (SSSR count). The summed E-state index contributed by atoms with van der Waals surface area (Å²) in [5.41, 5.74) is 0. The molecule has 1 heterocycles. The molecule has 0 saturated carbocycles. The van der Waals surface area contributed by atoms with Crippen LogP contribution >= 0.6 is 11.6 Å². The number of nitrogens with zero attached hydrogens (tertiary/aromatic N) is 1. The minimum atomic E-state index is -2.72. The standard InChI is InChI=1S/C26H38ClNO3Si/c1-5-6-17-28-18-22(27)24(29)25(30)23(28)19-31-32(26(2,3)4,20-13-9-7-10-14-20)21-15-11-8-12-16-21/h7-16,22-25,29-30H,5-6,17-19H2,1-4H3/t22-,23?,24+,25+/m0/s1. The molecule has 1 unspecified atom stereocenters. The predicted molar refractivity (Wildman–Crippen MR) is 135 cm³/mol. The van der Waals surface area contributed by atoms with Crippen LogP contribution in [0.25, 0.3) is 0 Å². The molecule has 2 aromatic carbocycles. The first-order valence-electron chi connectivity index (χ1n) is 11.7. The molecule has 1 aliphatic rings. The van der Waals surface area contributed by atoms with Crippen molar-refractivity contribution in [2.24, 2.45) is 0 Å². The van der Waals surface area contributed by atoms with Gasteiger partial charge in [-0.25, -0.2) is 0 Å². The van der Waals surface area contributed by atoms with Gasteiger partial charge in [-0.05, 0) is 28.4 Å². The van der Waals surface area contributed by atoms with Crippen LogP contribution in [0.1, 0.15) is 40.5 Å². The first kappa shape index (κ1) is 25.4. The maximum atomic E-state index is 11.0. The van der Waals surface area contributed by atoms with Crippen LogP contribution in [0.5, 0.6) is 0 Å². The van der Waals surface area contributed by atoms with E-state index in [9.17, 15) is 10.2 Å². The summed E-state index contributed by atoms with van der Waals surface area (Å²) in [4.78, 5) is 2.20. The number of benzene rings is 2. The largest absolute Gasteiger partial charge is 0.406 e. The van der Waals surface area contributed by atoms with Crippen LogP contribution in [-0.4, -0.2) is 66.8 Å². The van der Waals surface area contributed by atoms with Gasteiger partial charge in [0.25, 0.3) is 8.32 Å². The van der Waals surface area contributed by atoms with Crippen molar-refractivity contribution in [1.29, 1.82) is 0 Å². The maximum Gasteiger partial charge on any atom is 0.261 e. The lowest BCUT2D eigenvalue weighted by molar-refractivity contribution is -0.0851. The second-order valence-corrected chi connectivity index (χ2v) is 14.8. The lowest BCUT2D eigenvalue weighted by atomic mass is 9.96. The minimum Gasteiger partial charge on any atom is -0.406 e. The summed E-state index contributed by atoms with van der Waals surface area (Å²) in [7, 11) is -2.72. The second-order valence-electron chi connectivity index (χ2n) is 9.89. The van der Waals surface area contributed by atoms with E-state index >= 15 is 0 Å². The smallest absolute Gasteiger partial charge is 0.261 e. The molecule has 4 nitrogen and oxygen atoms in total. The lowest BCUT2D eigenvalue weighted by Crippen LogP contribution is -2.69. The highest BCUT2D eigenvalue weighted by Crippen LogP contribution is 2.37. The number of piperidine rings is 1. The normalized spacial score (nSPS) is 25.1. The van der Waals surface area contributed by atoms with Crippen molar-refractivity contribution < 1.29 is 14.6 Å². The van der Waals surface area contributed by atoms with Crippen LogP contribution in [-0.2, 0) is 4.43 Å². The molecule has 0 spiro atoms. The highest BCUT2D eigenvalue weighted by molar-refractivity contribution is 6.99. The Labute approximate surface area is 199 Å². The summed E-state index contributed by atoms with van der Waals surface area (Å²) in [6.07, 6.45) is 0.176. The number of rotatable bonds is 8. The van der Waals surface area contributed by atoms with Gasteiger partial charge in [0.15, 0.2) is 0 Å². The minimum absolute atomic E-state index is 0.142. The van der Waals surface area contributed by atoms with Crippen LogP contribution in [0.2, 0.25) is 5.04 Å². The van der Waals surface area contributed by atoms with Gasteiger partial charge in [-0.1, -0.05) is 94.8 Å². The zero-order chi connectivity index (χ0) is 23.4. The molecule has 1 aliphatic heterocycles. The van der Waals surface area contributed by atoms with E-state index in [0.29, 0.717) is 13.2 Å². The van der Waals surface area contributed by atoms with Crippen LogP contribution in [0.15, 0.2) is 60.7 Å². The third kappa shape index (κ3) is 5.14.